The van der Waals surface area contributed by atoms with Crippen LogP contribution >= 0.6 is 0 Å². The minimum Gasteiger partial charge on any atom is -0.478 e. The van der Waals surface area contributed by atoms with E-state index in [0.717, 1.165) is 11.5 Å². The average Bonchev–Trinajstić information content (AvgIpc) is 2.61. The fraction of sp³-hybridized carbons (Fsp3) is 0.560. The molecule has 0 radical (unpaired) electrons. The fourth-order valence-electron chi connectivity index (χ4n) is 4.84. The molecule has 2 aliphatic rings. The zero-order valence-corrected chi connectivity index (χ0v) is 17.6. The summed E-state index contributed by atoms with van der Waals surface area (Å²) in [5.41, 5.74) is 5.39. The quantitative estimate of drug-likeness (QED) is 0.399. The van der Waals surface area contributed by atoms with Gasteiger partial charge >= 0.3 is 5.97 Å². The van der Waals surface area contributed by atoms with Gasteiger partial charge in [-0.15, -0.1) is 0 Å². The van der Waals surface area contributed by atoms with Crippen LogP contribution in [0.5, 0.6) is 0 Å². The summed E-state index contributed by atoms with van der Waals surface area (Å²) >= 11 is 0. The molecule has 1 atom stereocenters. The van der Waals surface area contributed by atoms with Crippen LogP contribution in [0.3, 0.4) is 0 Å². The second kappa shape index (κ2) is 9.92. The Morgan fingerprint density at radius 3 is 2.44 bits per heavy atom. The summed E-state index contributed by atoms with van der Waals surface area (Å²) in [5, 5.41) is 8.76. The molecule has 0 amide bonds. The van der Waals surface area contributed by atoms with E-state index in [9.17, 15) is 4.79 Å². The van der Waals surface area contributed by atoms with Crippen LogP contribution in [0, 0.1) is 11.3 Å². The first-order valence-electron chi connectivity index (χ1n) is 10.5. The highest BCUT2D eigenvalue weighted by Gasteiger charge is 2.39. The van der Waals surface area contributed by atoms with Crippen LogP contribution in [0.25, 0.3) is 0 Å². The van der Waals surface area contributed by atoms with Gasteiger partial charge in [0, 0.05) is 6.08 Å². The topological polar surface area (TPSA) is 37.3 Å². The molecular formula is C25H36O2. The van der Waals surface area contributed by atoms with Gasteiger partial charge in [0.15, 0.2) is 0 Å². The molecule has 2 rings (SSSR count). The molecule has 0 heterocycles. The third-order valence-electron chi connectivity index (χ3n) is 6.41. The van der Waals surface area contributed by atoms with Gasteiger partial charge < -0.3 is 5.11 Å². The molecule has 1 saturated carbocycles. The normalized spacial score (nSPS) is 26.4. The van der Waals surface area contributed by atoms with E-state index in [0.29, 0.717) is 5.41 Å². The number of aliphatic carboxylic acids is 1. The molecule has 0 bridgehead atoms. The molecule has 2 heteroatoms. The smallest absolute Gasteiger partial charge is 0.328 e. The SMILES string of the molecule is CC1=C(/C=C/C(C)=C/C=C/C(C)=C/C(=O)O)[C@@](C)(C2CCCCC2)CCC1. The summed E-state index contributed by atoms with van der Waals surface area (Å²) in [7, 11) is 0. The van der Waals surface area contributed by atoms with Crippen molar-refractivity contribution in [2.75, 3.05) is 0 Å². The van der Waals surface area contributed by atoms with E-state index in [1.807, 2.05) is 18.2 Å². The summed E-state index contributed by atoms with van der Waals surface area (Å²) in [6.07, 6.45) is 22.4. The molecule has 0 aromatic heterocycles. The molecule has 27 heavy (non-hydrogen) atoms. The molecule has 0 unspecified atom stereocenters. The predicted octanol–water partition coefficient (Wildman–Crippen LogP) is 7.16. The molecule has 1 N–H and O–H groups in total. The van der Waals surface area contributed by atoms with Crippen molar-refractivity contribution in [1.29, 1.82) is 0 Å². The van der Waals surface area contributed by atoms with Gasteiger partial charge in [0.05, 0.1) is 0 Å². The zero-order valence-electron chi connectivity index (χ0n) is 17.6. The van der Waals surface area contributed by atoms with Crippen molar-refractivity contribution >= 4 is 5.97 Å². The van der Waals surface area contributed by atoms with Gasteiger partial charge in [-0.1, -0.05) is 67.7 Å². The Bertz CT molecular complexity index is 681. The highest BCUT2D eigenvalue weighted by atomic mass is 16.4. The number of hydrogen-bond donors (Lipinski definition) is 1. The Kier molecular flexibility index (Phi) is 7.89. The Morgan fingerprint density at radius 2 is 1.78 bits per heavy atom. The molecule has 0 aromatic carbocycles. The number of carbonyl (C=O) groups is 1. The van der Waals surface area contributed by atoms with Gasteiger partial charge in [0.2, 0.25) is 0 Å². The lowest BCUT2D eigenvalue weighted by atomic mass is 9.60. The first-order valence-corrected chi connectivity index (χ1v) is 10.5. The summed E-state index contributed by atoms with van der Waals surface area (Å²) < 4.78 is 0. The number of allylic oxidation sites excluding steroid dienone is 9. The summed E-state index contributed by atoms with van der Waals surface area (Å²) in [5.74, 6) is -0.0754. The predicted molar refractivity (Wildman–Crippen MR) is 115 cm³/mol. The molecule has 2 nitrogen and oxygen atoms in total. The van der Waals surface area contributed by atoms with E-state index in [4.69, 9.17) is 5.11 Å². The van der Waals surface area contributed by atoms with Crippen LogP contribution in [0.2, 0.25) is 0 Å². The lowest BCUT2D eigenvalue weighted by Crippen LogP contribution is -2.33. The molecule has 1 fully saturated rings. The molecule has 0 aliphatic heterocycles. The summed E-state index contributed by atoms with van der Waals surface area (Å²) in [4.78, 5) is 10.7. The highest BCUT2D eigenvalue weighted by molar-refractivity contribution is 5.81. The van der Waals surface area contributed by atoms with Crippen LogP contribution < -0.4 is 0 Å². The molecule has 2 aliphatic carbocycles. The summed E-state index contributed by atoms with van der Waals surface area (Å²) in [6.45, 7) is 8.73. The van der Waals surface area contributed by atoms with Crippen LogP contribution in [-0.2, 0) is 4.79 Å². The number of hydrogen-bond acceptors (Lipinski definition) is 1. The Balaban J connectivity index is 2.15. The van der Waals surface area contributed by atoms with Crippen LogP contribution in [0.1, 0.15) is 79.1 Å². The average molecular weight is 369 g/mol. The number of carboxylic acids is 1. The van der Waals surface area contributed by atoms with Crippen molar-refractivity contribution in [1.82, 2.24) is 0 Å². The Morgan fingerprint density at radius 1 is 1.07 bits per heavy atom. The standard InChI is InChI=1S/C25H36O2/c1-19(10-8-11-20(2)18-24(26)27)15-16-23-21(3)12-9-17-25(23,4)22-13-6-5-7-14-22/h8,10-11,15-16,18,22H,5-7,9,12-14,17H2,1-4H3,(H,26,27)/b11-8+,16-15+,19-10+,20-18+/t25-/m1/s1. The first-order chi connectivity index (χ1) is 12.8. The monoisotopic (exact) mass is 368 g/mol. The fourth-order valence-corrected chi connectivity index (χ4v) is 4.84. The largest absolute Gasteiger partial charge is 0.478 e. The maximum atomic E-state index is 10.7. The molecule has 0 saturated heterocycles. The number of rotatable bonds is 6. The molecule has 148 valence electrons. The van der Waals surface area contributed by atoms with E-state index in [1.165, 1.54) is 63.0 Å². The van der Waals surface area contributed by atoms with Gasteiger partial charge in [-0.05, 0) is 75.4 Å². The van der Waals surface area contributed by atoms with Crippen molar-refractivity contribution in [3.05, 3.63) is 58.7 Å². The lowest BCUT2D eigenvalue weighted by Gasteiger charge is -2.44. The molecule has 0 spiro atoms. The van der Waals surface area contributed by atoms with E-state index in [-0.39, 0.29) is 0 Å². The summed E-state index contributed by atoms with van der Waals surface area (Å²) in [6, 6.07) is 0. The first kappa shape index (κ1) is 21.5. The maximum absolute atomic E-state index is 10.7. The van der Waals surface area contributed by atoms with E-state index < -0.39 is 5.97 Å². The minimum atomic E-state index is -0.903. The van der Waals surface area contributed by atoms with E-state index in [1.54, 1.807) is 18.1 Å². The van der Waals surface area contributed by atoms with Crippen LogP contribution in [0.4, 0.5) is 0 Å². The van der Waals surface area contributed by atoms with Crippen molar-refractivity contribution in [3.63, 3.8) is 0 Å². The van der Waals surface area contributed by atoms with Crippen molar-refractivity contribution in [3.8, 4) is 0 Å². The van der Waals surface area contributed by atoms with Gasteiger partial charge in [-0.2, -0.15) is 0 Å². The third-order valence-corrected chi connectivity index (χ3v) is 6.41. The highest BCUT2D eigenvalue weighted by Crippen LogP contribution is 2.51. The van der Waals surface area contributed by atoms with E-state index >= 15 is 0 Å². The van der Waals surface area contributed by atoms with Crippen LogP contribution in [-0.4, -0.2) is 11.1 Å². The van der Waals surface area contributed by atoms with Crippen molar-refractivity contribution in [2.45, 2.75) is 79.1 Å². The second-order valence-electron chi connectivity index (χ2n) is 8.63. The van der Waals surface area contributed by atoms with Crippen molar-refractivity contribution < 1.29 is 9.90 Å². The Hall–Kier alpha value is -1.83. The van der Waals surface area contributed by atoms with Gasteiger partial charge in [-0.25, -0.2) is 4.79 Å². The van der Waals surface area contributed by atoms with Crippen LogP contribution in [0.15, 0.2) is 58.7 Å². The zero-order chi connectivity index (χ0) is 19.9. The maximum Gasteiger partial charge on any atom is 0.328 e. The third kappa shape index (κ3) is 6.09. The van der Waals surface area contributed by atoms with Gasteiger partial charge in [-0.3, -0.25) is 0 Å². The van der Waals surface area contributed by atoms with Crippen molar-refractivity contribution in [2.24, 2.45) is 11.3 Å². The molecular weight excluding hydrogens is 332 g/mol. The second-order valence-corrected chi connectivity index (χ2v) is 8.63. The number of carboxylic acid groups (broad SMARTS) is 1. The molecule has 0 aromatic rings. The lowest BCUT2D eigenvalue weighted by molar-refractivity contribution is -0.131. The minimum absolute atomic E-state index is 0.330. The van der Waals surface area contributed by atoms with Gasteiger partial charge in [0.1, 0.15) is 0 Å². The van der Waals surface area contributed by atoms with Gasteiger partial charge in [0.25, 0.3) is 0 Å². The van der Waals surface area contributed by atoms with E-state index in [2.05, 4.69) is 32.9 Å². The Labute approximate surface area is 165 Å².